The minimum Gasteiger partial charge on any atom is -0.387 e. The Balaban J connectivity index is 1.52. The van der Waals surface area contributed by atoms with Crippen molar-refractivity contribution in [1.29, 1.82) is 0 Å². The maximum atomic E-state index is 12.8. The van der Waals surface area contributed by atoms with Crippen LogP contribution in [0, 0.1) is 0 Å². The van der Waals surface area contributed by atoms with Crippen LogP contribution < -0.4 is 11.1 Å². The zero-order chi connectivity index (χ0) is 22.3. The van der Waals surface area contributed by atoms with Crippen molar-refractivity contribution in [1.82, 2.24) is 24.4 Å². The molecule has 3 heterocycles. The van der Waals surface area contributed by atoms with Crippen molar-refractivity contribution in [2.24, 2.45) is 0 Å². The van der Waals surface area contributed by atoms with Crippen molar-refractivity contribution in [3.8, 4) is 0 Å². The summed E-state index contributed by atoms with van der Waals surface area (Å²) in [6, 6.07) is 5.61. The zero-order valence-corrected chi connectivity index (χ0v) is 16.8. The predicted octanol–water partition coefficient (Wildman–Crippen LogP) is 0.372. The molecule has 1 aromatic carbocycles. The Labute approximate surface area is 180 Å². The molecule has 2 aromatic heterocycles. The highest BCUT2D eigenvalue weighted by Gasteiger charge is 2.49. The number of imidazole rings is 1. The number of fused-ring (bicyclic) bond motifs is 1. The van der Waals surface area contributed by atoms with E-state index in [9.17, 15) is 19.8 Å². The highest BCUT2D eigenvalue weighted by Crippen LogP contribution is 2.32. The average Bonchev–Trinajstić information content (AvgIpc) is 3.29. The number of nitrogens with zero attached hydrogens (tertiary/aromatic N) is 5. The first kappa shape index (κ1) is 20.9. The van der Waals surface area contributed by atoms with Crippen LogP contribution in [-0.2, 0) is 9.53 Å². The molecule has 0 aliphatic carbocycles. The molecule has 13 heteroatoms. The van der Waals surface area contributed by atoms with Crippen molar-refractivity contribution in [2.45, 2.75) is 24.5 Å². The number of likely N-dealkylation sites (N-methyl/N-ethyl adjacent to an activating group) is 1. The van der Waals surface area contributed by atoms with Gasteiger partial charge in [0.2, 0.25) is 0 Å². The first-order valence-electron chi connectivity index (χ1n) is 9.06. The largest absolute Gasteiger partial charge is 0.387 e. The van der Waals surface area contributed by atoms with Crippen LogP contribution >= 0.6 is 11.6 Å². The monoisotopic (exact) mass is 447 g/mol. The second-order valence-corrected chi connectivity index (χ2v) is 7.29. The van der Waals surface area contributed by atoms with Crippen molar-refractivity contribution in [3.05, 3.63) is 41.9 Å². The third kappa shape index (κ3) is 3.77. The van der Waals surface area contributed by atoms with Crippen LogP contribution in [0.1, 0.15) is 6.23 Å². The molecule has 5 N–H and O–H groups in total. The molecule has 4 rings (SSSR count). The van der Waals surface area contributed by atoms with Crippen molar-refractivity contribution in [3.63, 3.8) is 0 Å². The summed E-state index contributed by atoms with van der Waals surface area (Å²) in [5.74, 6) is -0.728. The topological polar surface area (TPSA) is 169 Å². The van der Waals surface area contributed by atoms with Crippen molar-refractivity contribution in [2.75, 3.05) is 18.1 Å². The number of aromatic nitrogens is 4. The Bertz CT molecular complexity index is 1160. The van der Waals surface area contributed by atoms with Gasteiger partial charge in [-0.2, -0.15) is 0 Å². The molecule has 31 heavy (non-hydrogen) atoms. The molecule has 0 unspecified atom stereocenters. The Morgan fingerprint density at radius 2 is 2.03 bits per heavy atom. The fraction of sp³-hybridized carbons (Fsp3) is 0.278. The fourth-order valence-corrected chi connectivity index (χ4v) is 3.40. The number of carbonyl (C=O) groups excluding carboxylic acids is 2. The Morgan fingerprint density at radius 3 is 2.77 bits per heavy atom. The van der Waals surface area contributed by atoms with E-state index in [1.54, 1.807) is 18.2 Å². The first-order chi connectivity index (χ1) is 14.8. The summed E-state index contributed by atoms with van der Waals surface area (Å²) in [7, 11) is 1.22. The lowest BCUT2D eigenvalue weighted by Crippen LogP contribution is -2.47. The summed E-state index contributed by atoms with van der Waals surface area (Å²) in [5.41, 5.74) is 6.67. The highest BCUT2D eigenvalue weighted by molar-refractivity contribution is 6.30. The van der Waals surface area contributed by atoms with Gasteiger partial charge < -0.3 is 26.0 Å². The van der Waals surface area contributed by atoms with Crippen LogP contribution in [-0.4, -0.2) is 71.9 Å². The summed E-state index contributed by atoms with van der Waals surface area (Å²) in [6.45, 7) is 0. The van der Waals surface area contributed by atoms with Gasteiger partial charge in [-0.15, -0.1) is 0 Å². The number of hydrogen-bond donors (Lipinski definition) is 4. The number of carbonyl (C=O) groups is 2. The molecule has 0 saturated carbocycles. The van der Waals surface area contributed by atoms with E-state index in [0.717, 1.165) is 4.90 Å². The highest BCUT2D eigenvalue weighted by atomic mass is 35.5. The molecular formula is C18H18ClN7O5. The van der Waals surface area contributed by atoms with Gasteiger partial charge in [0.25, 0.3) is 5.91 Å². The number of nitrogens with two attached hydrogens (primary N) is 1. The van der Waals surface area contributed by atoms with E-state index in [0.29, 0.717) is 10.7 Å². The molecule has 12 nitrogen and oxygen atoms in total. The molecule has 162 valence electrons. The minimum atomic E-state index is -1.60. The second kappa shape index (κ2) is 8.07. The number of amides is 3. The molecule has 1 fully saturated rings. The average molecular weight is 448 g/mol. The van der Waals surface area contributed by atoms with E-state index in [-0.39, 0.29) is 17.0 Å². The molecule has 3 amide bonds. The number of aliphatic hydroxyl groups excluding tert-OH is 2. The van der Waals surface area contributed by atoms with Gasteiger partial charge in [0, 0.05) is 17.8 Å². The molecular weight excluding hydrogens is 430 g/mol. The lowest BCUT2D eigenvalue weighted by molar-refractivity contribution is -0.144. The number of urea groups is 1. The number of hydrogen-bond acceptors (Lipinski definition) is 9. The van der Waals surface area contributed by atoms with Gasteiger partial charge in [-0.05, 0) is 18.2 Å². The maximum absolute atomic E-state index is 12.8. The third-order valence-corrected chi connectivity index (χ3v) is 5.09. The summed E-state index contributed by atoms with van der Waals surface area (Å²) in [4.78, 5) is 38.0. The van der Waals surface area contributed by atoms with Crippen molar-refractivity contribution >= 4 is 46.2 Å². The van der Waals surface area contributed by atoms with Crippen LogP contribution in [0.15, 0.2) is 36.9 Å². The van der Waals surface area contributed by atoms with Gasteiger partial charge in [-0.1, -0.05) is 17.7 Å². The van der Waals surface area contributed by atoms with E-state index in [1.807, 2.05) is 0 Å². The lowest BCUT2D eigenvalue weighted by atomic mass is 10.1. The molecule has 0 spiro atoms. The molecule has 0 bridgehead atoms. The van der Waals surface area contributed by atoms with E-state index in [1.165, 1.54) is 30.3 Å². The number of nitrogen functional groups attached to an aromatic ring is 1. The Kier molecular flexibility index (Phi) is 5.45. The molecule has 1 saturated heterocycles. The van der Waals surface area contributed by atoms with E-state index in [4.69, 9.17) is 22.1 Å². The molecule has 0 radical (unpaired) electrons. The number of ether oxygens (including phenoxy) is 1. The summed E-state index contributed by atoms with van der Waals surface area (Å²) in [5, 5.41) is 23.8. The van der Waals surface area contributed by atoms with E-state index >= 15 is 0 Å². The van der Waals surface area contributed by atoms with Gasteiger partial charge >= 0.3 is 6.03 Å². The van der Waals surface area contributed by atoms with Crippen LogP contribution in [0.3, 0.4) is 0 Å². The van der Waals surface area contributed by atoms with Crippen LogP contribution in [0.5, 0.6) is 0 Å². The molecule has 3 aromatic rings. The Hall–Kier alpha value is -3.32. The second-order valence-electron chi connectivity index (χ2n) is 6.85. The number of benzene rings is 1. The smallest absolute Gasteiger partial charge is 0.328 e. The normalized spacial score (nSPS) is 23.1. The van der Waals surface area contributed by atoms with Gasteiger partial charge in [0.1, 0.15) is 24.1 Å². The van der Waals surface area contributed by atoms with Gasteiger partial charge in [0.15, 0.2) is 23.8 Å². The fourth-order valence-electron chi connectivity index (χ4n) is 3.21. The lowest BCUT2D eigenvalue weighted by Gasteiger charge is -2.21. The zero-order valence-electron chi connectivity index (χ0n) is 16.1. The van der Waals surface area contributed by atoms with Crippen LogP contribution in [0.2, 0.25) is 5.02 Å². The van der Waals surface area contributed by atoms with Crippen molar-refractivity contribution < 1.29 is 24.5 Å². The number of rotatable bonds is 3. The van der Waals surface area contributed by atoms with Gasteiger partial charge in [-0.3, -0.25) is 14.3 Å². The van der Waals surface area contributed by atoms with Gasteiger partial charge in [0.05, 0.1) is 6.33 Å². The maximum Gasteiger partial charge on any atom is 0.328 e. The Morgan fingerprint density at radius 1 is 1.26 bits per heavy atom. The number of aliphatic hydroxyl groups is 2. The standard InChI is InChI=1S/C18H18ClN7O5/c1-25(18(30)24-9-4-2-3-8(19)5-9)16(29)13-11(27)12(28)17(31-13)26-7-23-10-14(20)21-6-22-15(10)26/h2-7,11-13,17,27-28H,1H3,(H,24,30)(H2,20,21,22)/t11-,12+,13-,17+/m0/s1. The summed E-state index contributed by atoms with van der Waals surface area (Å²) >= 11 is 5.89. The van der Waals surface area contributed by atoms with E-state index in [2.05, 4.69) is 20.3 Å². The predicted molar refractivity (Wildman–Crippen MR) is 109 cm³/mol. The molecule has 4 atom stereocenters. The SMILES string of the molecule is CN(C(=O)Nc1cccc(Cl)c1)C(=O)[C@H]1O[C@@H](n2cnc3c(N)ncnc32)[C@H](O)[C@@H]1O. The number of nitrogens with one attached hydrogen (secondary N) is 1. The number of halogens is 1. The van der Waals surface area contributed by atoms with Crippen LogP contribution in [0.4, 0.5) is 16.3 Å². The van der Waals surface area contributed by atoms with Crippen LogP contribution in [0.25, 0.3) is 11.2 Å². The minimum absolute atomic E-state index is 0.127. The first-order valence-corrected chi connectivity index (χ1v) is 9.44. The van der Waals surface area contributed by atoms with E-state index < -0.39 is 36.5 Å². The summed E-state index contributed by atoms with van der Waals surface area (Å²) in [6.07, 6.45) is -3.27. The third-order valence-electron chi connectivity index (χ3n) is 4.85. The molecule has 1 aliphatic rings. The van der Waals surface area contributed by atoms with Gasteiger partial charge in [-0.25, -0.2) is 19.7 Å². The summed E-state index contributed by atoms with van der Waals surface area (Å²) < 4.78 is 6.94. The molecule has 1 aliphatic heterocycles. The number of anilines is 2. The number of imide groups is 1. The quantitative estimate of drug-likeness (QED) is 0.443.